The van der Waals surface area contributed by atoms with Gasteiger partial charge in [-0.3, -0.25) is 9.48 Å². The summed E-state index contributed by atoms with van der Waals surface area (Å²) >= 11 is 0. The van der Waals surface area contributed by atoms with E-state index in [1.54, 1.807) is 48.0 Å². The number of rotatable bonds is 5. The van der Waals surface area contributed by atoms with E-state index in [1.807, 2.05) is 6.92 Å². The number of carbonyl (C=O) groups excluding carboxylic acids is 1. The molecule has 0 saturated heterocycles. The zero-order chi connectivity index (χ0) is 15.4. The summed E-state index contributed by atoms with van der Waals surface area (Å²) in [6.45, 7) is 4.20. The van der Waals surface area contributed by atoms with Crippen LogP contribution in [0.5, 0.6) is 0 Å². The first-order chi connectivity index (χ1) is 10.0. The number of carboxylic acids is 1. The molecule has 0 radical (unpaired) electrons. The summed E-state index contributed by atoms with van der Waals surface area (Å²) in [6.07, 6.45) is 0. The maximum atomic E-state index is 12.3. The van der Waals surface area contributed by atoms with Crippen molar-refractivity contribution in [2.45, 2.75) is 26.4 Å². The average molecular weight is 287 g/mol. The minimum atomic E-state index is -1.10. The molecule has 1 amide bonds. The minimum Gasteiger partial charge on any atom is -0.479 e. The van der Waals surface area contributed by atoms with E-state index in [4.69, 9.17) is 0 Å². The van der Waals surface area contributed by atoms with Gasteiger partial charge in [-0.05, 0) is 25.5 Å². The normalized spacial score (nSPS) is 11.9. The first-order valence-corrected chi connectivity index (χ1v) is 6.66. The molecule has 0 saturated carbocycles. The lowest BCUT2D eigenvalue weighted by atomic mass is 10.1. The molecule has 21 heavy (non-hydrogen) atoms. The molecule has 110 valence electrons. The van der Waals surface area contributed by atoms with E-state index in [2.05, 4.69) is 10.4 Å². The standard InChI is InChI=1S/C15H17N3O3/c1-3-18-12(9-10(2)17-18)14(19)16-13(15(20)21)11-7-5-4-6-8-11/h4-9,13H,3H2,1-2H3,(H,16,19)(H,20,21)/t13-/m0/s1. The van der Waals surface area contributed by atoms with E-state index in [0.717, 1.165) is 0 Å². The average Bonchev–Trinajstić information content (AvgIpc) is 2.86. The Morgan fingerprint density at radius 3 is 2.57 bits per heavy atom. The van der Waals surface area contributed by atoms with Gasteiger partial charge in [-0.2, -0.15) is 5.10 Å². The molecule has 0 aliphatic rings. The molecule has 1 aromatic heterocycles. The molecule has 2 aromatic rings. The van der Waals surface area contributed by atoms with Gasteiger partial charge >= 0.3 is 5.97 Å². The SMILES string of the molecule is CCn1nc(C)cc1C(=O)N[C@H](C(=O)O)c1ccccc1. The highest BCUT2D eigenvalue weighted by atomic mass is 16.4. The van der Waals surface area contributed by atoms with Crippen LogP contribution in [0, 0.1) is 6.92 Å². The number of hydrogen-bond donors (Lipinski definition) is 2. The predicted molar refractivity (Wildman–Crippen MR) is 76.9 cm³/mol. The third kappa shape index (κ3) is 3.28. The molecule has 2 rings (SSSR count). The minimum absolute atomic E-state index is 0.359. The van der Waals surface area contributed by atoms with Crippen molar-refractivity contribution in [3.63, 3.8) is 0 Å². The number of nitrogens with zero attached hydrogens (tertiary/aromatic N) is 2. The molecular weight excluding hydrogens is 270 g/mol. The molecule has 1 heterocycles. The topological polar surface area (TPSA) is 84.2 Å². The van der Waals surface area contributed by atoms with Gasteiger partial charge in [-0.1, -0.05) is 30.3 Å². The predicted octanol–water partition coefficient (Wildman–Crippen LogP) is 1.77. The third-order valence-electron chi connectivity index (χ3n) is 3.09. The molecule has 0 bridgehead atoms. The van der Waals surface area contributed by atoms with Crippen LogP contribution < -0.4 is 5.32 Å². The second-order valence-corrected chi connectivity index (χ2v) is 4.64. The maximum absolute atomic E-state index is 12.3. The fourth-order valence-corrected chi connectivity index (χ4v) is 2.11. The van der Waals surface area contributed by atoms with Gasteiger partial charge in [0, 0.05) is 6.54 Å². The summed E-state index contributed by atoms with van der Waals surface area (Å²) < 4.78 is 1.55. The van der Waals surface area contributed by atoms with E-state index in [9.17, 15) is 14.7 Å². The molecule has 0 fully saturated rings. The summed E-state index contributed by atoms with van der Waals surface area (Å²) in [7, 11) is 0. The summed E-state index contributed by atoms with van der Waals surface area (Å²) in [5.41, 5.74) is 1.60. The van der Waals surface area contributed by atoms with Gasteiger partial charge < -0.3 is 10.4 Å². The van der Waals surface area contributed by atoms with Crippen LogP contribution >= 0.6 is 0 Å². The van der Waals surface area contributed by atoms with Crippen LogP contribution in [0.4, 0.5) is 0 Å². The number of amides is 1. The van der Waals surface area contributed by atoms with Crippen LogP contribution in [0.25, 0.3) is 0 Å². The van der Waals surface area contributed by atoms with Crippen molar-refractivity contribution in [1.82, 2.24) is 15.1 Å². The van der Waals surface area contributed by atoms with Crippen molar-refractivity contribution in [3.8, 4) is 0 Å². The van der Waals surface area contributed by atoms with Crippen molar-refractivity contribution in [2.75, 3.05) is 0 Å². The maximum Gasteiger partial charge on any atom is 0.330 e. The van der Waals surface area contributed by atoms with Crippen LogP contribution in [0.3, 0.4) is 0 Å². The third-order valence-corrected chi connectivity index (χ3v) is 3.09. The highest BCUT2D eigenvalue weighted by Gasteiger charge is 2.24. The number of carboxylic acid groups (broad SMARTS) is 1. The lowest BCUT2D eigenvalue weighted by Gasteiger charge is -2.15. The number of carbonyl (C=O) groups is 2. The van der Waals surface area contributed by atoms with Crippen molar-refractivity contribution in [1.29, 1.82) is 0 Å². The molecule has 1 atom stereocenters. The van der Waals surface area contributed by atoms with E-state index >= 15 is 0 Å². The van der Waals surface area contributed by atoms with Crippen molar-refractivity contribution >= 4 is 11.9 Å². The molecule has 6 heteroatoms. The zero-order valence-corrected chi connectivity index (χ0v) is 11.9. The Balaban J connectivity index is 2.25. The van der Waals surface area contributed by atoms with Crippen molar-refractivity contribution in [2.24, 2.45) is 0 Å². The fraction of sp³-hybridized carbons (Fsp3) is 0.267. The second-order valence-electron chi connectivity index (χ2n) is 4.64. The Morgan fingerprint density at radius 2 is 2.00 bits per heavy atom. The van der Waals surface area contributed by atoms with Crippen LogP contribution in [-0.4, -0.2) is 26.8 Å². The van der Waals surface area contributed by atoms with E-state index < -0.39 is 17.9 Å². The fourth-order valence-electron chi connectivity index (χ4n) is 2.11. The number of nitrogens with one attached hydrogen (secondary N) is 1. The molecule has 0 spiro atoms. The van der Waals surface area contributed by atoms with Gasteiger partial charge in [-0.15, -0.1) is 0 Å². The van der Waals surface area contributed by atoms with Crippen molar-refractivity contribution < 1.29 is 14.7 Å². The molecule has 0 aliphatic heterocycles. The van der Waals surface area contributed by atoms with Gasteiger partial charge in [0.25, 0.3) is 5.91 Å². The van der Waals surface area contributed by atoms with Gasteiger partial charge in [-0.25, -0.2) is 4.79 Å². The summed E-state index contributed by atoms with van der Waals surface area (Å²) in [6, 6.07) is 9.15. The number of benzene rings is 1. The van der Waals surface area contributed by atoms with Gasteiger partial charge in [0.15, 0.2) is 6.04 Å². The van der Waals surface area contributed by atoms with E-state index in [-0.39, 0.29) is 0 Å². The van der Waals surface area contributed by atoms with Gasteiger partial charge in [0.2, 0.25) is 0 Å². The van der Waals surface area contributed by atoms with E-state index in [1.165, 1.54) is 0 Å². The number of hydrogen-bond acceptors (Lipinski definition) is 3. The summed E-state index contributed by atoms with van der Waals surface area (Å²) in [5.74, 6) is -1.55. The first-order valence-electron chi connectivity index (χ1n) is 6.66. The first kappa shape index (κ1) is 14.8. The van der Waals surface area contributed by atoms with Crippen LogP contribution in [-0.2, 0) is 11.3 Å². The second kappa shape index (κ2) is 6.21. The molecule has 6 nitrogen and oxygen atoms in total. The molecule has 2 N–H and O–H groups in total. The highest BCUT2D eigenvalue weighted by Crippen LogP contribution is 2.14. The number of aryl methyl sites for hydroxylation is 2. The Bertz CT molecular complexity index is 649. The quantitative estimate of drug-likeness (QED) is 0.877. The van der Waals surface area contributed by atoms with Crippen LogP contribution in [0.1, 0.15) is 34.7 Å². The van der Waals surface area contributed by atoms with Crippen LogP contribution in [0.2, 0.25) is 0 Å². The number of aliphatic carboxylic acids is 1. The van der Waals surface area contributed by atoms with Gasteiger partial charge in [0.05, 0.1) is 5.69 Å². The Kier molecular flexibility index (Phi) is 4.37. The zero-order valence-electron chi connectivity index (χ0n) is 11.9. The molecular formula is C15H17N3O3. The van der Waals surface area contributed by atoms with Crippen molar-refractivity contribution in [3.05, 3.63) is 53.3 Å². The summed E-state index contributed by atoms with van der Waals surface area (Å²) in [4.78, 5) is 23.7. The molecule has 1 aromatic carbocycles. The Labute approximate surface area is 122 Å². The molecule has 0 unspecified atom stereocenters. The lowest BCUT2D eigenvalue weighted by molar-refractivity contribution is -0.139. The number of aromatic nitrogens is 2. The molecule has 0 aliphatic carbocycles. The highest BCUT2D eigenvalue weighted by molar-refractivity contribution is 5.95. The van der Waals surface area contributed by atoms with Gasteiger partial charge in [0.1, 0.15) is 5.69 Å². The largest absolute Gasteiger partial charge is 0.479 e. The smallest absolute Gasteiger partial charge is 0.330 e. The monoisotopic (exact) mass is 287 g/mol. The Morgan fingerprint density at radius 1 is 1.33 bits per heavy atom. The van der Waals surface area contributed by atoms with Crippen LogP contribution in [0.15, 0.2) is 36.4 Å². The Hall–Kier alpha value is -2.63. The van der Waals surface area contributed by atoms with E-state index in [0.29, 0.717) is 23.5 Å². The summed E-state index contributed by atoms with van der Waals surface area (Å²) in [5, 5.41) is 16.0. The lowest BCUT2D eigenvalue weighted by Crippen LogP contribution is -2.34.